The van der Waals surface area contributed by atoms with Gasteiger partial charge in [-0.15, -0.1) is 0 Å². The highest BCUT2D eigenvalue weighted by molar-refractivity contribution is 6.31. The number of hydrogen-bond donors (Lipinski definition) is 2. The van der Waals surface area contributed by atoms with E-state index in [1.165, 1.54) is 6.42 Å². The number of benzene rings is 1. The summed E-state index contributed by atoms with van der Waals surface area (Å²) in [6.45, 7) is 5.46. The fourth-order valence-corrected chi connectivity index (χ4v) is 2.49. The van der Waals surface area contributed by atoms with Gasteiger partial charge < -0.3 is 5.73 Å². The van der Waals surface area contributed by atoms with Crippen molar-refractivity contribution in [1.82, 2.24) is 4.90 Å². The Balaban J connectivity index is 2.09. The zero-order chi connectivity index (χ0) is 12.4. The van der Waals surface area contributed by atoms with Crippen LogP contribution in [0.3, 0.4) is 0 Å². The predicted molar refractivity (Wildman–Crippen MR) is 71.5 cm³/mol. The van der Waals surface area contributed by atoms with Crippen LogP contribution in [0.5, 0.6) is 0 Å². The molecule has 1 fully saturated rings. The van der Waals surface area contributed by atoms with E-state index in [4.69, 9.17) is 22.7 Å². The van der Waals surface area contributed by atoms with Crippen molar-refractivity contribution in [2.45, 2.75) is 19.9 Å². The van der Waals surface area contributed by atoms with E-state index < -0.39 is 0 Å². The van der Waals surface area contributed by atoms with Crippen LogP contribution in [0.1, 0.15) is 24.5 Å². The largest absolute Gasteiger partial charge is 0.384 e. The first kappa shape index (κ1) is 12.4. The minimum Gasteiger partial charge on any atom is -0.384 e. The number of hydrogen-bond acceptors (Lipinski definition) is 2. The quantitative estimate of drug-likeness (QED) is 0.641. The lowest BCUT2D eigenvalue weighted by molar-refractivity contribution is 0.320. The number of nitrogens with one attached hydrogen (secondary N) is 1. The minimum atomic E-state index is 0.0632. The predicted octanol–water partition coefficient (Wildman–Crippen LogP) is 2.47. The molecule has 1 aliphatic heterocycles. The number of nitrogen functional groups attached to an aromatic ring is 1. The van der Waals surface area contributed by atoms with E-state index in [0.29, 0.717) is 10.6 Å². The Labute approximate surface area is 107 Å². The van der Waals surface area contributed by atoms with Gasteiger partial charge in [0.2, 0.25) is 0 Å². The summed E-state index contributed by atoms with van der Waals surface area (Å²) in [7, 11) is 0. The van der Waals surface area contributed by atoms with Gasteiger partial charge in [-0.25, -0.2) is 0 Å². The first-order valence-electron chi connectivity index (χ1n) is 5.91. The van der Waals surface area contributed by atoms with Gasteiger partial charge >= 0.3 is 0 Å². The van der Waals surface area contributed by atoms with Crippen LogP contribution >= 0.6 is 11.6 Å². The van der Waals surface area contributed by atoms with Gasteiger partial charge in [0, 0.05) is 23.7 Å². The Hall–Kier alpha value is -1.06. The third-order valence-corrected chi connectivity index (χ3v) is 3.62. The van der Waals surface area contributed by atoms with Gasteiger partial charge in [-0.05, 0) is 30.5 Å². The first-order valence-corrected chi connectivity index (χ1v) is 6.29. The summed E-state index contributed by atoms with van der Waals surface area (Å²) in [6, 6.07) is 5.61. The average Bonchev–Trinajstić information content (AvgIpc) is 2.67. The molecule has 1 saturated heterocycles. The van der Waals surface area contributed by atoms with E-state index >= 15 is 0 Å². The van der Waals surface area contributed by atoms with Crippen molar-refractivity contribution in [2.24, 2.45) is 11.7 Å². The molecule has 3 N–H and O–H groups in total. The van der Waals surface area contributed by atoms with Crippen molar-refractivity contribution < 1.29 is 0 Å². The van der Waals surface area contributed by atoms with Gasteiger partial charge in [-0.2, -0.15) is 0 Å². The number of nitrogens with two attached hydrogens (primary N) is 1. The number of amidine groups is 1. The monoisotopic (exact) mass is 251 g/mol. The molecule has 92 valence electrons. The highest BCUT2D eigenvalue weighted by atomic mass is 35.5. The van der Waals surface area contributed by atoms with Crippen LogP contribution in [0, 0.1) is 11.3 Å². The van der Waals surface area contributed by atoms with E-state index in [2.05, 4.69) is 11.8 Å². The first-order chi connectivity index (χ1) is 8.06. The second kappa shape index (κ2) is 5.07. The second-order valence-corrected chi connectivity index (χ2v) is 5.26. The smallest absolute Gasteiger partial charge is 0.122 e. The van der Waals surface area contributed by atoms with Gasteiger partial charge in [0.05, 0.1) is 0 Å². The third-order valence-electron chi connectivity index (χ3n) is 3.27. The van der Waals surface area contributed by atoms with E-state index in [0.717, 1.165) is 31.1 Å². The molecule has 4 heteroatoms. The lowest BCUT2D eigenvalue weighted by Crippen LogP contribution is -2.20. The van der Waals surface area contributed by atoms with Crippen LogP contribution in [0.4, 0.5) is 0 Å². The van der Waals surface area contributed by atoms with Crippen molar-refractivity contribution >= 4 is 17.4 Å². The zero-order valence-corrected chi connectivity index (χ0v) is 10.8. The lowest BCUT2D eigenvalue weighted by Gasteiger charge is -2.16. The van der Waals surface area contributed by atoms with Gasteiger partial charge in [-0.3, -0.25) is 10.3 Å². The fourth-order valence-electron chi connectivity index (χ4n) is 2.25. The lowest BCUT2D eigenvalue weighted by atomic mass is 10.1. The van der Waals surface area contributed by atoms with E-state index in [1.807, 2.05) is 12.1 Å². The molecule has 0 aliphatic carbocycles. The fraction of sp³-hybridized carbons (Fsp3) is 0.462. The van der Waals surface area contributed by atoms with E-state index in [-0.39, 0.29) is 5.84 Å². The van der Waals surface area contributed by atoms with Crippen molar-refractivity contribution in [3.05, 3.63) is 34.3 Å². The standard InChI is InChI=1S/C13H18ClN3/c1-9-4-5-17(7-9)8-11-3-2-10(13(15)16)6-12(11)14/h2-3,6,9H,4-5,7-8H2,1H3,(H3,15,16). The molecule has 0 bridgehead atoms. The van der Waals surface area contributed by atoms with Gasteiger partial charge in [-0.1, -0.05) is 30.7 Å². The summed E-state index contributed by atoms with van der Waals surface area (Å²) >= 11 is 6.21. The molecular weight excluding hydrogens is 234 g/mol. The van der Waals surface area contributed by atoms with Gasteiger partial charge in [0.15, 0.2) is 0 Å². The second-order valence-electron chi connectivity index (χ2n) is 4.85. The van der Waals surface area contributed by atoms with Crippen LogP contribution in [0.25, 0.3) is 0 Å². The number of likely N-dealkylation sites (tertiary alicyclic amines) is 1. The Kier molecular flexibility index (Phi) is 3.69. The molecule has 0 aromatic heterocycles. The summed E-state index contributed by atoms with van der Waals surface area (Å²) < 4.78 is 0. The molecule has 1 atom stereocenters. The Morgan fingerprint density at radius 2 is 2.35 bits per heavy atom. The Bertz CT molecular complexity index is 431. The normalized spacial score (nSPS) is 20.7. The topological polar surface area (TPSA) is 53.1 Å². The van der Waals surface area contributed by atoms with Gasteiger partial charge in [0.1, 0.15) is 5.84 Å². The van der Waals surface area contributed by atoms with Crippen molar-refractivity contribution in [3.8, 4) is 0 Å². The molecule has 3 nitrogen and oxygen atoms in total. The molecule has 2 rings (SSSR count). The van der Waals surface area contributed by atoms with E-state index in [1.54, 1.807) is 6.07 Å². The molecule has 0 amide bonds. The zero-order valence-electron chi connectivity index (χ0n) is 10.0. The number of nitrogens with zero attached hydrogens (tertiary/aromatic N) is 1. The summed E-state index contributed by atoms with van der Waals surface area (Å²) in [4.78, 5) is 2.42. The summed E-state index contributed by atoms with van der Waals surface area (Å²) in [5, 5.41) is 8.07. The van der Waals surface area contributed by atoms with Crippen molar-refractivity contribution in [3.63, 3.8) is 0 Å². The Morgan fingerprint density at radius 3 is 2.88 bits per heavy atom. The highest BCUT2D eigenvalue weighted by Gasteiger charge is 2.19. The van der Waals surface area contributed by atoms with Gasteiger partial charge in [0.25, 0.3) is 0 Å². The Morgan fingerprint density at radius 1 is 1.59 bits per heavy atom. The maximum atomic E-state index is 7.36. The summed E-state index contributed by atoms with van der Waals surface area (Å²) in [5.41, 5.74) is 7.23. The maximum Gasteiger partial charge on any atom is 0.122 e. The molecule has 17 heavy (non-hydrogen) atoms. The number of rotatable bonds is 3. The molecule has 0 saturated carbocycles. The molecule has 1 unspecified atom stereocenters. The molecule has 0 spiro atoms. The molecular formula is C13H18ClN3. The summed E-state index contributed by atoms with van der Waals surface area (Å²) in [6.07, 6.45) is 1.27. The molecule has 1 heterocycles. The average molecular weight is 252 g/mol. The third kappa shape index (κ3) is 2.99. The van der Waals surface area contributed by atoms with Crippen LogP contribution in [0.15, 0.2) is 18.2 Å². The SMILES string of the molecule is CC1CCN(Cc2ccc(C(=N)N)cc2Cl)C1. The molecule has 0 radical (unpaired) electrons. The van der Waals surface area contributed by atoms with Crippen LogP contribution in [0.2, 0.25) is 5.02 Å². The number of halogens is 1. The molecule has 1 aromatic carbocycles. The van der Waals surface area contributed by atoms with Crippen LogP contribution in [-0.2, 0) is 6.54 Å². The van der Waals surface area contributed by atoms with Crippen LogP contribution < -0.4 is 5.73 Å². The highest BCUT2D eigenvalue weighted by Crippen LogP contribution is 2.23. The van der Waals surface area contributed by atoms with Crippen LogP contribution in [-0.4, -0.2) is 23.8 Å². The van der Waals surface area contributed by atoms with Crippen molar-refractivity contribution in [2.75, 3.05) is 13.1 Å². The molecule has 1 aromatic rings. The van der Waals surface area contributed by atoms with Crippen molar-refractivity contribution in [1.29, 1.82) is 5.41 Å². The molecule has 1 aliphatic rings. The minimum absolute atomic E-state index is 0.0632. The van der Waals surface area contributed by atoms with E-state index in [9.17, 15) is 0 Å². The maximum absolute atomic E-state index is 7.36. The summed E-state index contributed by atoms with van der Waals surface area (Å²) in [5.74, 6) is 0.846.